The summed E-state index contributed by atoms with van der Waals surface area (Å²) >= 11 is 0. The van der Waals surface area contributed by atoms with Crippen molar-refractivity contribution in [3.8, 4) is 5.75 Å². The lowest BCUT2D eigenvalue weighted by atomic mass is 9.97. The van der Waals surface area contributed by atoms with Gasteiger partial charge >= 0.3 is 0 Å². The maximum absolute atomic E-state index is 13.5. The molecule has 1 saturated carbocycles. The molecule has 2 aliphatic rings. The Kier molecular flexibility index (Phi) is 9.07. The molecule has 1 heterocycles. The molecule has 0 bridgehead atoms. The SMILES string of the molecule is O=C(CC(NS(=O)(=O)c1ccc2ccccc2c1)c1ccccc1)NC1CCOc2cc(CNCC3CCCC3)ccc21. The van der Waals surface area contributed by atoms with Crippen LogP contribution in [-0.2, 0) is 21.4 Å². The van der Waals surface area contributed by atoms with Crippen molar-refractivity contribution in [3.05, 3.63) is 108 Å². The molecule has 2 unspecified atom stereocenters. The van der Waals surface area contributed by atoms with E-state index in [2.05, 4.69) is 27.5 Å². The van der Waals surface area contributed by atoms with Crippen molar-refractivity contribution < 1.29 is 17.9 Å². The zero-order valence-electron chi connectivity index (χ0n) is 24.3. The van der Waals surface area contributed by atoms with Crippen LogP contribution < -0.4 is 20.1 Å². The topological polar surface area (TPSA) is 96.5 Å². The zero-order chi connectivity index (χ0) is 29.6. The Morgan fingerprint density at radius 1 is 0.860 bits per heavy atom. The molecule has 1 aliphatic heterocycles. The van der Waals surface area contributed by atoms with Crippen LogP contribution in [0, 0.1) is 5.92 Å². The molecule has 6 rings (SSSR count). The molecule has 3 N–H and O–H groups in total. The fourth-order valence-electron chi connectivity index (χ4n) is 6.27. The van der Waals surface area contributed by atoms with Gasteiger partial charge < -0.3 is 15.4 Å². The van der Waals surface area contributed by atoms with Crippen LogP contribution >= 0.6 is 0 Å². The van der Waals surface area contributed by atoms with Gasteiger partial charge in [0.2, 0.25) is 15.9 Å². The maximum atomic E-state index is 13.5. The highest BCUT2D eigenvalue weighted by Gasteiger charge is 2.28. The van der Waals surface area contributed by atoms with Crippen LogP contribution in [-0.4, -0.2) is 27.5 Å². The maximum Gasteiger partial charge on any atom is 0.241 e. The lowest BCUT2D eigenvalue weighted by Gasteiger charge is -2.28. The first-order chi connectivity index (χ1) is 20.9. The Balaban J connectivity index is 1.13. The number of ether oxygens (including phenoxy) is 1. The number of carbonyl (C=O) groups excluding carboxylic acids is 1. The summed E-state index contributed by atoms with van der Waals surface area (Å²) in [5.41, 5.74) is 2.84. The third-order valence-electron chi connectivity index (χ3n) is 8.61. The van der Waals surface area contributed by atoms with Gasteiger partial charge in [0.05, 0.1) is 23.6 Å². The summed E-state index contributed by atoms with van der Waals surface area (Å²) in [4.78, 5) is 13.6. The quantitative estimate of drug-likeness (QED) is 0.192. The minimum absolute atomic E-state index is 0.0350. The van der Waals surface area contributed by atoms with Crippen molar-refractivity contribution in [3.63, 3.8) is 0 Å². The van der Waals surface area contributed by atoms with Gasteiger partial charge in [0.25, 0.3) is 0 Å². The molecule has 7 nitrogen and oxygen atoms in total. The number of amides is 1. The van der Waals surface area contributed by atoms with Gasteiger partial charge in [0.1, 0.15) is 5.75 Å². The minimum Gasteiger partial charge on any atom is -0.493 e. The Labute approximate surface area is 254 Å². The monoisotopic (exact) mass is 597 g/mol. The average Bonchev–Trinajstić information content (AvgIpc) is 3.54. The molecule has 0 radical (unpaired) electrons. The van der Waals surface area contributed by atoms with E-state index in [9.17, 15) is 13.2 Å². The third-order valence-corrected chi connectivity index (χ3v) is 10.1. The molecule has 0 saturated heterocycles. The standard InChI is InChI=1S/C35H39N3O4S/c39-35(37-32-18-19-42-34-20-26(14-17-31(32)34)24-36-23-25-8-4-5-9-25)22-33(28-11-2-1-3-12-28)38-43(40,41)30-16-15-27-10-6-7-13-29(27)21-30/h1-3,6-7,10-17,20-21,25,32-33,36,38H,4-5,8-9,18-19,22-24H2,(H,37,39). The molecule has 8 heteroatoms. The summed E-state index contributed by atoms with van der Waals surface area (Å²) in [6.45, 7) is 2.34. The highest BCUT2D eigenvalue weighted by molar-refractivity contribution is 7.89. The van der Waals surface area contributed by atoms with E-state index < -0.39 is 16.1 Å². The number of hydrogen-bond donors (Lipinski definition) is 3. The minimum atomic E-state index is -3.90. The molecule has 43 heavy (non-hydrogen) atoms. The second-order valence-corrected chi connectivity index (χ2v) is 13.4. The molecule has 0 spiro atoms. The van der Waals surface area contributed by atoms with Crippen LogP contribution in [0.4, 0.5) is 0 Å². The molecule has 2 atom stereocenters. The van der Waals surface area contributed by atoms with Crippen LogP contribution in [0.5, 0.6) is 5.75 Å². The molecular formula is C35H39N3O4S. The number of nitrogens with one attached hydrogen (secondary N) is 3. The number of benzene rings is 4. The molecule has 1 amide bonds. The molecule has 1 fully saturated rings. The van der Waals surface area contributed by atoms with Crippen molar-refractivity contribution >= 4 is 26.7 Å². The van der Waals surface area contributed by atoms with Crippen molar-refractivity contribution in [1.29, 1.82) is 0 Å². The predicted octanol–water partition coefficient (Wildman–Crippen LogP) is 6.17. The number of hydrogen-bond acceptors (Lipinski definition) is 5. The summed E-state index contributed by atoms with van der Waals surface area (Å²) in [5, 5.41) is 8.54. The highest BCUT2D eigenvalue weighted by atomic mass is 32.2. The number of carbonyl (C=O) groups is 1. The second-order valence-electron chi connectivity index (χ2n) is 11.7. The number of sulfonamides is 1. The van der Waals surface area contributed by atoms with Crippen LogP contribution in [0.1, 0.15) is 67.3 Å². The first kappa shape index (κ1) is 29.4. The molecule has 4 aromatic carbocycles. The zero-order valence-corrected chi connectivity index (χ0v) is 25.1. The van der Waals surface area contributed by atoms with Gasteiger partial charge in [-0.3, -0.25) is 4.79 Å². The van der Waals surface area contributed by atoms with Gasteiger partial charge in [-0.25, -0.2) is 13.1 Å². The number of rotatable bonds is 11. The van der Waals surface area contributed by atoms with Crippen LogP contribution in [0.2, 0.25) is 0 Å². The molecular weight excluding hydrogens is 558 g/mol. The third kappa shape index (κ3) is 7.26. The van der Waals surface area contributed by atoms with Crippen molar-refractivity contribution in [2.45, 2.75) is 62.0 Å². The Hall–Kier alpha value is -3.72. The summed E-state index contributed by atoms with van der Waals surface area (Å²) < 4.78 is 35.8. The first-order valence-electron chi connectivity index (χ1n) is 15.3. The van der Waals surface area contributed by atoms with E-state index in [0.717, 1.165) is 52.2 Å². The van der Waals surface area contributed by atoms with Gasteiger partial charge in [-0.05, 0) is 65.4 Å². The van der Waals surface area contributed by atoms with Crippen molar-refractivity contribution in [1.82, 2.24) is 15.4 Å². The van der Waals surface area contributed by atoms with Gasteiger partial charge in [-0.15, -0.1) is 0 Å². The fraction of sp³-hybridized carbons (Fsp3) is 0.343. The largest absolute Gasteiger partial charge is 0.493 e. The molecule has 224 valence electrons. The van der Waals surface area contributed by atoms with E-state index >= 15 is 0 Å². The molecule has 4 aromatic rings. The summed E-state index contributed by atoms with van der Waals surface area (Å²) in [7, 11) is -3.90. The normalized spacial score (nSPS) is 17.7. The highest BCUT2D eigenvalue weighted by Crippen LogP contribution is 2.33. The number of fused-ring (bicyclic) bond motifs is 2. The predicted molar refractivity (Wildman–Crippen MR) is 169 cm³/mol. The van der Waals surface area contributed by atoms with Crippen molar-refractivity contribution in [2.75, 3.05) is 13.2 Å². The van der Waals surface area contributed by atoms with Gasteiger partial charge in [-0.2, -0.15) is 0 Å². The molecule has 0 aromatic heterocycles. The molecule has 1 aliphatic carbocycles. The van der Waals surface area contributed by atoms with Gasteiger partial charge in [0, 0.05) is 24.9 Å². The Morgan fingerprint density at radius 2 is 1.63 bits per heavy atom. The van der Waals surface area contributed by atoms with E-state index in [1.165, 1.54) is 25.7 Å². The van der Waals surface area contributed by atoms with E-state index in [-0.39, 0.29) is 23.3 Å². The Bertz CT molecular complexity index is 1670. The lowest BCUT2D eigenvalue weighted by molar-refractivity contribution is -0.122. The van der Waals surface area contributed by atoms with Crippen LogP contribution in [0.3, 0.4) is 0 Å². The second kappa shape index (κ2) is 13.3. The summed E-state index contributed by atoms with van der Waals surface area (Å²) in [6.07, 6.45) is 5.93. The van der Waals surface area contributed by atoms with E-state index in [4.69, 9.17) is 4.74 Å². The first-order valence-corrected chi connectivity index (χ1v) is 16.7. The fourth-order valence-corrected chi connectivity index (χ4v) is 7.53. The van der Waals surface area contributed by atoms with Gasteiger partial charge in [-0.1, -0.05) is 85.6 Å². The summed E-state index contributed by atoms with van der Waals surface area (Å²) in [6, 6.07) is 27.2. The van der Waals surface area contributed by atoms with E-state index in [0.29, 0.717) is 13.0 Å². The van der Waals surface area contributed by atoms with Gasteiger partial charge in [0.15, 0.2) is 0 Å². The smallest absolute Gasteiger partial charge is 0.241 e. The van der Waals surface area contributed by atoms with Crippen LogP contribution in [0.15, 0.2) is 95.9 Å². The van der Waals surface area contributed by atoms with Crippen molar-refractivity contribution in [2.24, 2.45) is 5.92 Å². The Morgan fingerprint density at radius 3 is 2.44 bits per heavy atom. The van der Waals surface area contributed by atoms with E-state index in [1.54, 1.807) is 18.2 Å². The summed E-state index contributed by atoms with van der Waals surface area (Å²) in [5.74, 6) is 1.36. The van der Waals surface area contributed by atoms with Crippen LogP contribution in [0.25, 0.3) is 10.8 Å². The average molecular weight is 598 g/mol. The van der Waals surface area contributed by atoms with E-state index in [1.807, 2.05) is 60.7 Å². The lowest BCUT2D eigenvalue weighted by Crippen LogP contribution is -2.36.